The molecule has 0 unspecified atom stereocenters. The maximum absolute atomic E-state index is 12.9. The number of aromatic nitrogens is 3. The second kappa shape index (κ2) is 10.3. The minimum atomic E-state index is 0.0132. The zero-order valence-electron chi connectivity index (χ0n) is 21.6. The van der Waals surface area contributed by atoms with Crippen LogP contribution in [-0.4, -0.2) is 33.8 Å². The van der Waals surface area contributed by atoms with E-state index in [4.69, 9.17) is 10.1 Å². The molecule has 0 fully saturated rings. The van der Waals surface area contributed by atoms with Crippen LogP contribution in [0.1, 0.15) is 48.3 Å². The zero-order valence-corrected chi connectivity index (χ0v) is 21.6. The van der Waals surface area contributed by atoms with Gasteiger partial charge in [0.25, 0.3) is 0 Å². The molecule has 0 atom stereocenters. The van der Waals surface area contributed by atoms with E-state index in [9.17, 15) is 4.79 Å². The standard InChI is InChI=1S/C29H35N5O/c1-7-33(8-2)24-14-16-26(19(3)18-24)31-27(35)17-15-25-20(4)28-22(6)32-34(29(28)30-21(25)5)23-12-10-9-11-13-23/h9-14,16,18H,7-8,15,17H2,1-6H3,(H,31,35). The largest absolute Gasteiger partial charge is 0.372 e. The minimum absolute atomic E-state index is 0.0132. The van der Waals surface area contributed by atoms with Crippen LogP contribution in [0.15, 0.2) is 48.5 Å². The van der Waals surface area contributed by atoms with Crippen molar-refractivity contribution in [3.05, 3.63) is 76.6 Å². The predicted octanol–water partition coefficient (Wildman–Crippen LogP) is 6.07. The SMILES string of the molecule is CCN(CC)c1ccc(NC(=O)CCc2c(C)nc3c(c(C)nn3-c3ccccc3)c2C)c(C)c1. The Kier molecular flexibility index (Phi) is 7.20. The molecule has 1 N–H and O–H groups in total. The Hall–Kier alpha value is -3.67. The summed E-state index contributed by atoms with van der Waals surface area (Å²) >= 11 is 0. The van der Waals surface area contributed by atoms with Crippen molar-refractivity contribution in [2.45, 2.75) is 54.4 Å². The Bertz CT molecular complexity index is 1350. The Morgan fingerprint density at radius 2 is 1.69 bits per heavy atom. The first kappa shape index (κ1) is 24.5. The molecule has 0 aliphatic carbocycles. The van der Waals surface area contributed by atoms with Crippen molar-refractivity contribution in [2.75, 3.05) is 23.3 Å². The third kappa shape index (κ3) is 4.92. The van der Waals surface area contributed by atoms with Gasteiger partial charge in [-0.15, -0.1) is 0 Å². The highest BCUT2D eigenvalue weighted by Crippen LogP contribution is 2.28. The van der Waals surface area contributed by atoms with Crippen LogP contribution in [0.3, 0.4) is 0 Å². The fourth-order valence-corrected chi connectivity index (χ4v) is 4.85. The molecule has 1 amide bonds. The van der Waals surface area contributed by atoms with Gasteiger partial charge in [0.2, 0.25) is 5.91 Å². The maximum Gasteiger partial charge on any atom is 0.224 e. The number of rotatable bonds is 8. The first-order valence-corrected chi connectivity index (χ1v) is 12.4. The summed E-state index contributed by atoms with van der Waals surface area (Å²) in [5, 5.41) is 8.94. The molecule has 2 aromatic heterocycles. The summed E-state index contributed by atoms with van der Waals surface area (Å²) < 4.78 is 1.91. The molecule has 6 heteroatoms. The van der Waals surface area contributed by atoms with Crippen molar-refractivity contribution in [2.24, 2.45) is 0 Å². The van der Waals surface area contributed by atoms with Gasteiger partial charge >= 0.3 is 0 Å². The van der Waals surface area contributed by atoms with Gasteiger partial charge < -0.3 is 10.2 Å². The van der Waals surface area contributed by atoms with Crippen LogP contribution in [0.5, 0.6) is 0 Å². The highest BCUT2D eigenvalue weighted by atomic mass is 16.1. The second-order valence-corrected chi connectivity index (χ2v) is 9.05. The number of nitrogens with one attached hydrogen (secondary N) is 1. The molecule has 0 aliphatic heterocycles. The van der Waals surface area contributed by atoms with E-state index in [0.717, 1.165) is 63.6 Å². The zero-order chi connectivity index (χ0) is 25.1. The lowest BCUT2D eigenvalue weighted by Gasteiger charge is -2.22. The number of amides is 1. The summed E-state index contributed by atoms with van der Waals surface area (Å²) in [5.41, 5.74) is 9.14. The molecule has 35 heavy (non-hydrogen) atoms. The third-order valence-electron chi connectivity index (χ3n) is 6.79. The van der Waals surface area contributed by atoms with Crippen LogP contribution in [0.25, 0.3) is 16.7 Å². The van der Waals surface area contributed by atoms with Crippen LogP contribution in [-0.2, 0) is 11.2 Å². The van der Waals surface area contributed by atoms with E-state index in [1.807, 2.05) is 61.9 Å². The molecule has 6 nitrogen and oxygen atoms in total. The molecule has 0 bridgehead atoms. The van der Waals surface area contributed by atoms with Crippen molar-refractivity contribution in [3.8, 4) is 5.69 Å². The molecule has 0 spiro atoms. The molecule has 4 rings (SSSR count). The summed E-state index contributed by atoms with van der Waals surface area (Å²) in [5.74, 6) is 0.0132. The molecule has 0 radical (unpaired) electrons. The third-order valence-corrected chi connectivity index (χ3v) is 6.79. The number of carbonyl (C=O) groups is 1. The van der Waals surface area contributed by atoms with Gasteiger partial charge in [-0.2, -0.15) is 5.10 Å². The highest BCUT2D eigenvalue weighted by molar-refractivity contribution is 5.92. The summed E-state index contributed by atoms with van der Waals surface area (Å²) in [6.07, 6.45) is 1.04. The minimum Gasteiger partial charge on any atom is -0.372 e. The predicted molar refractivity (Wildman–Crippen MR) is 145 cm³/mol. The van der Waals surface area contributed by atoms with Gasteiger partial charge in [-0.1, -0.05) is 18.2 Å². The van der Waals surface area contributed by atoms with Crippen molar-refractivity contribution < 1.29 is 4.79 Å². The Labute approximate surface area is 208 Å². The van der Waals surface area contributed by atoms with Gasteiger partial charge in [0.05, 0.1) is 11.4 Å². The molecule has 2 aromatic carbocycles. The number of fused-ring (bicyclic) bond motifs is 1. The number of benzene rings is 2. The first-order chi connectivity index (χ1) is 16.8. The van der Waals surface area contributed by atoms with Gasteiger partial charge in [-0.25, -0.2) is 9.67 Å². The molecule has 0 aliphatic rings. The highest BCUT2D eigenvalue weighted by Gasteiger charge is 2.18. The van der Waals surface area contributed by atoms with Crippen LogP contribution >= 0.6 is 0 Å². The lowest BCUT2D eigenvalue weighted by molar-refractivity contribution is -0.116. The van der Waals surface area contributed by atoms with Crippen LogP contribution in [0.2, 0.25) is 0 Å². The van der Waals surface area contributed by atoms with E-state index < -0.39 is 0 Å². The van der Waals surface area contributed by atoms with E-state index in [0.29, 0.717) is 12.8 Å². The Morgan fingerprint density at radius 1 is 0.971 bits per heavy atom. The average molecular weight is 470 g/mol. The normalized spacial score (nSPS) is 11.1. The number of pyridine rings is 1. The summed E-state index contributed by atoms with van der Waals surface area (Å²) in [7, 11) is 0. The molecule has 182 valence electrons. The lowest BCUT2D eigenvalue weighted by atomic mass is 9.99. The number of hydrogen-bond donors (Lipinski definition) is 1. The topological polar surface area (TPSA) is 63.1 Å². The van der Waals surface area contributed by atoms with E-state index in [1.165, 1.54) is 5.69 Å². The summed E-state index contributed by atoms with van der Waals surface area (Å²) in [6.45, 7) is 14.4. The van der Waals surface area contributed by atoms with Gasteiger partial charge in [-0.05, 0) is 95.0 Å². The van der Waals surface area contributed by atoms with Crippen LogP contribution < -0.4 is 10.2 Å². The molecule has 0 saturated heterocycles. The van der Waals surface area contributed by atoms with Gasteiger partial charge in [0.1, 0.15) is 0 Å². The monoisotopic (exact) mass is 469 g/mol. The van der Waals surface area contributed by atoms with Crippen molar-refractivity contribution in [1.29, 1.82) is 0 Å². The van der Waals surface area contributed by atoms with Gasteiger partial charge in [-0.3, -0.25) is 4.79 Å². The number of aryl methyl sites for hydroxylation is 4. The fourth-order valence-electron chi connectivity index (χ4n) is 4.85. The number of carbonyl (C=O) groups excluding carboxylic acids is 1. The number of para-hydroxylation sites is 1. The van der Waals surface area contributed by atoms with Gasteiger partial charge in [0, 0.05) is 42.0 Å². The van der Waals surface area contributed by atoms with Crippen molar-refractivity contribution >= 4 is 28.3 Å². The second-order valence-electron chi connectivity index (χ2n) is 9.05. The number of nitrogens with zero attached hydrogens (tertiary/aromatic N) is 4. The van der Waals surface area contributed by atoms with Crippen LogP contribution in [0.4, 0.5) is 11.4 Å². The molecule has 2 heterocycles. The molecule has 0 saturated carbocycles. The van der Waals surface area contributed by atoms with Gasteiger partial charge in [0.15, 0.2) is 5.65 Å². The van der Waals surface area contributed by atoms with E-state index in [1.54, 1.807) is 0 Å². The fraction of sp³-hybridized carbons (Fsp3) is 0.345. The number of anilines is 2. The van der Waals surface area contributed by atoms with E-state index in [-0.39, 0.29) is 5.91 Å². The molecule has 4 aromatic rings. The average Bonchev–Trinajstić information content (AvgIpc) is 3.18. The molecular formula is C29H35N5O. The Morgan fingerprint density at radius 3 is 2.34 bits per heavy atom. The summed E-state index contributed by atoms with van der Waals surface area (Å²) in [4.78, 5) is 20.1. The maximum atomic E-state index is 12.9. The first-order valence-electron chi connectivity index (χ1n) is 12.4. The van der Waals surface area contributed by atoms with E-state index >= 15 is 0 Å². The Balaban J connectivity index is 1.53. The lowest BCUT2D eigenvalue weighted by Crippen LogP contribution is -2.22. The number of hydrogen-bond acceptors (Lipinski definition) is 4. The molecular weight excluding hydrogens is 434 g/mol. The van der Waals surface area contributed by atoms with E-state index in [2.05, 4.69) is 43.1 Å². The quantitative estimate of drug-likeness (QED) is 0.340. The van der Waals surface area contributed by atoms with Crippen molar-refractivity contribution in [1.82, 2.24) is 14.8 Å². The smallest absolute Gasteiger partial charge is 0.224 e. The summed E-state index contributed by atoms with van der Waals surface area (Å²) in [6, 6.07) is 16.3. The van der Waals surface area contributed by atoms with Crippen LogP contribution in [0, 0.1) is 27.7 Å². The van der Waals surface area contributed by atoms with Crippen molar-refractivity contribution in [3.63, 3.8) is 0 Å².